The van der Waals surface area contributed by atoms with E-state index < -0.39 is 0 Å². The van der Waals surface area contributed by atoms with Gasteiger partial charge in [0.05, 0.1) is 0 Å². The van der Waals surface area contributed by atoms with Crippen molar-refractivity contribution in [3.8, 4) is 0 Å². The van der Waals surface area contributed by atoms with Crippen LogP contribution in [-0.4, -0.2) is 36.8 Å². The molecule has 0 amide bonds. The lowest BCUT2D eigenvalue weighted by molar-refractivity contribution is 0.185. The number of aryl methyl sites for hydroxylation is 1. The van der Waals surface area contributed by atoms with E-state index in [1.807, 2.05) is 7.05 Å². The lowest BCUT2D eigenvalue weighted by atomic mass is 9.87. The number of aromatic nitrogens is 2. The van der Waals surface area contributed by atoms with E-state index in [1.54, 1.807) is 0 Å². The maximum Gasteiger partial charge on any atom is 0.128 e. The van der Waals surface area contributed by atoms with Gasteiger partial charge >= 0.3 is 0 Å². The summed E-state index contributed by atoms with van der Waals surface area (Å²) in [5.74, 6) is 2.38. The zero-order valence-electron chi connectivity index (χ0n) is 11.7. The van der Waals surface area contributed by atoms with Crippen LogP contribution in [0.3, 0.4) is 0 Å². The van der Waals surface area contributed by atoms with Crippen molar-refractivity contribution < 1.29 is 4.74 Å². The first-order valence-electron chi connectivity index (χ1n) is 7.41. The summed E-state index contributed by atoms with van der Waals surface area (Å²) in [6.07, 6.45) is 7.69. The summed E-state index contributed by atoms with van der Waals surface area (Å²) in [5.41, 5.74) is 2.65. The molecule has 1 fully saturated rings. The van der Waals surface area contributed by atoms with Gasteiger partial charge in [-0.1, -0.05) is 0 Å². The largest absolute Gasteiger partial charge is 0.381 e. The second-order valence-corrected chi connectivity index (χ2v) is 5.86. The molecule has 104 valence electrons. The highest BCUT2D eigenvalue weighted by molar-refractivity contribution is 5.21. The minimum absolute atomic E-state index is 0.624. The van der Waals surface area contributed by atoms with Crippen LogP contribution >= 0.6 is 0 Å². The molecule has 2 atom stereocenters. The van der Waals surface area contributed by atoms with Gasteiger partial charge in [0.1, 0.15) is 5.82 Å². The number of rotatable bonds is 4. The van der Waals surface area contributed by atoms with E-state index in [0.29, 0.717) is 5.92 Å². The van der Waals surface area contributed by atoms with Crippen LogP contribution in [0.15, 0.2) is 6.20 Å². The second-order valence-electron chi connectivity index (χ2n) is 5.86. The van der Waals surface area contributed by atoms with Crippen LogP contribution in [0.25, 0.3) is 0 Å². The number of nitrogens with one attached hydrogen (secondary N) is 1. The van der Waals surface area contributed by atoms with Crippen LogP contribution in [0.5, 0.6) is 0 Å². The van der Waals surface area contributed by atoms with Crippen molar-refractivity contribution in [2.24, 2.45) is 11.8 Å². The fraction of sp³-hybridized carbons (Fsp3) is 0.733. The zero-order chi connectivity index (χ0) is 13.1. The zero-order valence-corrected chi connectivity index (χ0v) is 11.7. The highest BCUT2D eigenvalue weighted by atomic mass is 16.5. The van der Waals surface area contributed by atoms with Crippen molar-refractivity contribution in [1.82, 2.24) is 15.3 Å². The van der Waals surface area contributed by atoms with Gasteiger partial charge in [-0.2, -0.15) is 0 Å². The predicted octanol–water partition coefficient (Wildman–Crippen LogP) is 1.38. The van der Waals surface area contributed by atoms with Gasteiger partial charge in [-0.05, 0) is 56.7 Å². The molecule has 0 spiro atoms. The maximum atomic E-state index is 5.42. The van der Waals surface area contributed by atoms with Gasteiger partial charge in [0, 0.05) is 31.5 Å². The number of hydrogen-bond acceptors (Lipinski definition) is 4. The fourth-order valence-corrected chi connectivity index (χ4v) is 3.19. The van der Waals surface area contributed by atoms with E-state index in [2.05, 4.69) is 16.5 Å². The molecule has 0 bridgehead atoms. The van der Waals surface area contributed by atoms with Crippen LogP contribution in [0.1, 0.15) is 29.9 Å². The standard InChI is InChI=1S/C15H23N3O/c1-16-8-11-2-3-14-13(6-11)9-17-15(18-14)7-12-4-5-19-10-12/h9,11-12,16H,2-8,10H2,1H3. The second kappa shape index (κ2) is 5.97. The Kier molecular flexibility index (Phi) is 4.09. The SMILES string of the molecule is CNCC1CCc2nc(CC3CCOC3)ncc2C1. The number of hydrogen-bond donors (Lipinski definition) is 1. The highest BCUT2D eigenvalue weighted by Gasteiger charge is 2.22. The van der Waals surface area contributed by atoms with Gasteiger partial charge in [0.15, 0.2) is 0 Å². The molecule has 0 radical (unpaired) electrons. The van der Waals surface area contributed by atoms with E-state index in [0.717, 1.165) is 57.2 Å². The number of ether oxygens (including phenoxy) is 1. The number of fused-ring (bicyclic) bond motifs is 1. The summed E-state index contributed by atoms with van der Waals surface area (Å²) >= 11 is 0. The summed E-state index contributed by atoms with van der Waals surface area (Å²) in [5, 5.41) is 3.27. The van der Waals surface area contributed by atoms with Gasteiger partial charge in [0.2, 0.25) is 0 Å². The first-order valence-corrected chi connectivity index (χ1v) is 7.41. The highest BCUT2D eigenvalue weighted by Crippen LogP contribution is 2.24. The molecule has 1 aliphatic heterocycles. The Balaban J connectivity index is 1.67. The summed E-state index contributed by atoms with van der Waals surface area (Å²) in [6, 6.07) is 0. The van der Waals surface area contributed by atoms with Crippen molar-refractivity contribution in [2.45, 2.75) is 32.1 Å². The summed E-state index contributed by atoms with van der Waals surface area (Å²) in [6.45, 7) is 2.88. The molecule has 4 heteroatoms. The first kappa shape index (κ1) is 13.0. The van der Waals surface area contributed by atoms with Crippen molar-refractivity contribution in [3.05, 3.63) is 23.3 Å². The molecule has 19 heavy (non-hydrogen) atoms. The minimum Gasteiger partial charge on any atom is -0.381 e. The van der Waals surface area contributed by atoms with Crippen molar-refractivity contribution >= 4 is 0 Å². The van der Waals surface area contributed by atoms with Crippen molar-refractivity contribution in [1.29, 1.82) is 0 Å². The van der Waals surface area contributed by atoms with Crippen molar-refractivity contribution in [2.75, 3.05) is 26.8 Å². The van der Waals surface area contributed by atoms with Crippen molar-refractivity contribution in [3.63, 3.8) is 0 Å². The molecule has 1 N–H and O–H groups in total. The third kappa shape index (κ3) is 3.12. The Labute approximate surface area is 115 Å². The number of nitrogens with zero attached hydrogens (tertiary/aromatic N) is 2. The Morgan fingerprint density at radius 1 is 1.37 bits per heavy atom. The molecule has 0 aromatic carbocycles. The molecule has 2 aliphatic rings. The predicted molar refractivity (Wildman–Crippen MR) is 74.1 cm³/mol. The van der Waals surface area contributed by atoms with Crippen LogP contribution in [0.4, 0.5) is 0 Å². The fourth-order valence-electron chi connectivity index (χ4n) is 3.19. The quantitative estimate of drug-likeness (QED) is 0.889. The molecule has 3 rings (SSSR count). The third-order valence-electron chi connectivity index (χ3n) is 4.29. The molecule has 1 aromatic rings. The average molecular weight is 261 g/mol. The molecule has 2 unspecified atom stereocenters. The Morgan fingerprint density at radius 3 is 3.11 bits per heavy atom. The maximum absolute atomic E-state index is 5.42. The van der Waals surface area contributed by atoms with Crippen LogP contribution in [0, 0.1) is 11.8 Å². The Morgan fingerprint density at radius 2 is 2.32 bits per heavy atom. The molecule has 2 heterocycles. The van der Waals surface area contributed by atoms with Crippen LogP contribution in [-0.2, 0) is 24.0 Å². The molecular formula is C15H23N3O. The van der Waals surface area contributed by atoms with Gasteiger partial charge in [0.25, 0.3) is 0 Å². The van der Waals surface area contributed by atoms with E-state index in [4.69, 9.17) is 9.72 Å². The lowest BCUT2D eigenvalue weighted by Crippen LogP contribution is -2.26. The van der Waals surface area contributed by atoms with E-state index in [1.165, 1.54) is 17.7 Å². The van der Waals surface area contributed by atoms with E-state index in [-0.39, 0.29) is 0 Å². The topological polar surface area (TPSA) is 47.0 Å². The van der Waals surface area contributed by atoms with Gasteiger partial charge in [-0.3, -0.25) is 0 Å². The Bertz CT molecular complexity index is 429. The minimum atomic E-state index is 0.624. The first-order chi connectivity index (χ1) is 9.35. The third-order valence-corrected chi connectivity index (χ3v) is 4.29. The molecule has 1 aliphatic carbocycles. The molecule has 0 saturated carbocycles. The molecule has 1 saturated heterocycles. The summed E-state index contributed by atoms with van der Waals surface area (Å²) in [4.78, 5) is 9.35. The normalized spacial score (nSPS) is 26.4. The molecule has 4 nitrogen and oxygen atoms in total. The van der Waals surface area contributed by atoms with Gasteiger partial charge in [-0.15, -0.1) is 0 Å². The molecular weight excluding hydrogens is 238 g/mol. The summed E-state index contributed by atoms with van der Waals surface area (Å²) < 4.78 is 5.42. The monoisotopic (exact) mass is 261 g/mol. The van der Waals surface area contributed by atoms with Crippen LogP contribution in [0.2, 0.25) is 0 Å². The van der Waals surface area contributed by atoms with Gasteiger partial charge < -0.3 is 10.1 Å². The van der Waals surface area contributed by atoms with E-state index >= 15 is 0 Å². The van der Waals surface area contributed by atoms with Gasteiger partial charge in [-0.25, -0.2) is 9.97 Å². The summed E-state index contributed by atoms with van der Waals surface area (Å²) in [7, 11) is 2.03. The average Bonchev–Trinajstić information content (AvgIpc) is 2.92. The lowest BCUT2D eigenvalue weighted by Gasteiger charge is -2.23. The smallest absolute Gasteiger partial charge is 0.128 e. The Hall–Kier alpha value is -1.00. The van der Waals surface area contributed by atoms with E-state index in [9.17, 15) is 0 Å². The molecule has 1 aromatic heterocycles. The van der Waals surface area contributed by atoms with Crippen LogP contribution < -0.4 is 5.32 Å².